The second-order valence-electron chi connectivity index (χ2n) is 19.3. The monoisotopic (exact) mass is 1260 g/mol. The van der Waals surface area contributed by atoms with Gasteiger partial charge in [0.15, 0.2) is 0 Å². The van der Waals surface area contributed by atoms with Crippen LogP contribution in [0.25, 0.3) is 27.8 Å². The number of amides is 3. The maximum absolute atomic E-state index is 13.0. The van der Waals surface area contributed by atoms with Crippen molar-refractivity contribution >= 4 is 98.1 Å². The topological polar surface area (TPSA) is 141 Å². The van der Waals surface area contributed by atoms with Crippen molar-refractivity contribution in [1.82, 2.24) is 45.3 Å². The molecule has 0 spiro atoms. The van der Waals surface area contributed by atoms with Crippen LogP contribution in [-0.2, 0) is 6.18 Å². The van der Waals surface area contributed by atoms with E-state index in [0.717, 1.165) is 45.4 Å². The van der Waals surface area contributed by atoms with E-state index in [1.807, 2.05) is 51.1 Å². The van der Waals surface area contributed by atoms with Crippen LogP contribution in [0, 0.1) is 26.6 Å². The van der Waals surface area contributed by atoms with Gasteiger partial charge in [-0.3, -0.25) is 14.4 Å². The summed E-state index contributed by atoms with van der Waals surface area (Å²) in [6, 6.07) is 39.5. The van der Waals surface area contributed by atoms with E-state index >= 15 is 0 Å². The molecule has 12 nitrogen and oxygen atoms in total. The van der Waals surface area contributed by atoms with E-state index in [0.29, 0.717) is 75.2 Å². The standard InChI is InChI=1S/C23H19Cl2N3O.C20H16Cl2F3N3O.C19H16Cl2FN3O/c1-14(18-9-5-7-16-6-3-4-8-19(16)18)27-23(29)20-13-26-28(15(20)2)17-10-11-21(24)22(25)12-17;1-11(13-4-3-5-14(8-13)20(23,24)25)27-19(29)16-10-26-28(12(16)2)15-6-7-17(21)18(22)9-15;1-11(13-3-5-14(22)6-4-13)24-19(26)16-10-23-25(12(16)2)15-7-8-17(20)18(21)9-15/h3-14H,1-2H3,(H,27,29);3-11H,1-2H3,(H,27,29);3-11H,1-2H3,(H,24,26)/t14-;11-;/m00./s1. The number of carbonyl (C=O) groups is 3. The maximum Gasteiger partial charge on any atom is 0.416 e. The predicted molar refractivity (Wildman–Crippen MR) is 324 cm³/mol. The summed E-state index contributed by atoms with van der Waals surface area (Å²) in [5.74, 6) is -1.19. The summed E-state index contributed by atoms with van der Waals surface area (Å²) in [6.45, 7) is 10.8. The lowest BCUT2D eigenvalue weighted by molar-refractivity contribution is -0.137. The van der Waals surface area contributed by atoms with Crippen LogP contribution in [0.2, 0.25) is 30.1 Å². The minimum absolute atomic E-state index is 0.152. The normalized spacial score (nSPS) is 12.3. The van der Waals surface area contributed by atoms with Gasteiger partial charge in [-0.05, 0) is 148 Å². The molecule has 7 aromatic carbocycles. The van der Waals surface area contributed by atoms with Crippen molar-refractivity contribution in [2.45, 2.75) is 65.8 Å². The molecule has 0 saturated carbocycles. The van der Waals surface area contributed by atoms with Crippen LogP contribution >= 0.6 is 69.6 Å². The molecule has 10 rings (SSSR count). The van der Waals surface area contributed by atoms with Gasteiger partial charge in [-0.25, -0.2) is 18.4 Å². The third-order valence-corrected chi connectivity index (χ3v) is 15.8. The number of alkyl halides is 3. The number of nitrogens with one attached hydrogen (secondary N) is 3. The number of nitrogens with zero attached hydrogens (tertiary/aromatic N) is 6. The van der Waals surface area contributed by atoms with Crippen LogP contribution in [-0.4, -0.2) is 47.1 Å². The summed E-state index contributed by atoms with van der Waals surface area (Å²) in [4.78, 5) is 38.2. The minimum Gasteiger partial charge on any atom is -0.345 e. The molecule has 1 unspecified atom stereocenters. The van der Waals surface area contributed by atoms with Crippen molar-refractivity contribution in [2.24, 2.45) is 0 Å². The molecule has 0 saturated heterocycles. The zero-order chi connectivity index (χ0) is 60.7. The molecule has 22 heteroatoms. The molecular formula is C62H51Cl6F4N9O3. The number of hydrogen-bond donors (Lipinski definition) is 3. The zero-order valence-electron chi connectivity index (χ0n) is 45.5. The van der Waals surface area contributed by atoms with Crippen molar-refractivity contribution < 1.29 is 31.9 Å². The second kappa shape index (κ2) is 26.9. The van der Waals surface area contributed by atoms with Crippen LogP contribution in [0.15, 0.2) is 164 Å². The zero-order valence-corrected chi connectivity index (χ0v) is 50.0. The molecule has 3 atom stereocenters. The van der Waals surface area contributed by atoms with Gasteiger partial charge < -0.3 is 16.0 Å². The molecule has 0 aliphatic rings. The van der Waals surface area contributed by atoms with Gasteiger partial charge in [0.05, 0.1) is 123 Å². The van der Waals surface area contributed by atoms with Gasteiger partial charge in [0, 0.05) is 0 Å². The first-order valence-electron chi connectivity index (χ1n) is 25.7. The fourth-order valence-electron chi connectivity index (χ4n) is 8.96. The number of halogens is 10. The van der Waals surface area contributed by atoms with Gasteiger partial charge in [0.2, 0.25) is 0 Å². The van der Waals surface area contributed by atoms with Crippen LogP contribution in [0.3, 0.4) is 0 Å². The quantitative estimate of drug-likeness (QED) is 0.104. The lowest BCUT2D eigenvalue weighted by Gasteiger charge is -2.16. The lowest BCUT2D eigenvalue weighted by atomic mass is 9.99. The third kappa shape index (κ3) is 14.6. The number of carbonyl (C=O) groups excluding carboxylic acids is 3. The highest BCUT2D eigenvalue weighted by Gasteiger charge is 2.31. The average Bonchev–Trinajstić information content (AvgIpc) is 4.03. The highest BCUT2D eigenvalue weighted by molar-refractivity contribution is 6.43. The second-order valence-corrected chi connectivity index (χ2v) is 21.7. The van der Waals surface area contributed by atoms with Gasteiger partial charge in [0.25, 0.3) is 17.7 Å². The van der Waals surface area contributed by atoms with E-state index in [9.17, 15) is 31.9 Å². The molecular weight excluding hydrogens is 1210 g/mol. The highest BCUT2D eigenvalue weighted by atomic mass is 35.5. The van der Waals surface area contributed by atoms with E-state index in [-0.39, 0.29) is 29.7 Å². The van der Waals surface area contributed by atoms with E-state index in [2.05, 4.69) is 49.4 Å². The minimum atomic E-state index is -4.45. The van der Waals surface area contributed by atoms with Crippen molar-refractivity contribution in [3.8, 4) is 17.1 Å². The summed E-state index contributed by atoms with van der Waals surface area (Å²) >= 11 is 36.1. The molecule has 3 N–H and O–H groups in total. The Hall–Kier alpha value is -7.70. The molecule has 0 radical (unpaired) electrons. The Morgan fingerprint density at radius 2 is 0.845 bits per heavy atom. The van der Waals surface area contributed by atoms with Crippen molar-refractivity contribution in [1.29, 1.82) is 0 Å². The molecule has 3 aromatic heterocycles. The van der Waals surface area contributed by atoms with Gasteiger partial charge in [-0.2, -0.15) is 28.5 Å². The first-order chi connectivity index (χ1) is 39.9. The largest absolute Gasteiger partial charge is 0.416 e. The van der Waals surface area contributed by atoms with Crippen LogP contribution in [0.1, 0.15) is 109 Å². The molecule has 3 heterocycles. The fraction of sp³-hybridized carbons (Fsp3) is 0.161. The summed E-state index contributed by atoms with van der Waals surface area (Å²) < 4.78 is 56.6. The van der Waals surface area contributed by atoms with Gasteiger partial charge >= 0.3 is 6.18 Å². The molecule has 3 amide bonds. The van der Waals surface area contributed by atoms with Gasteiger partial charge in [-0.1, -0.05) is 136 Å². The number of aromatic nitrogens is 6. The molecule has 84 heavy (non-hydrogen) atoms. The Kier molecular flexibility index (Phi) is 20.0. The molecule has 0 aliphatic carbocycles. The number of benzene rings is 7. The Balaban J connectivity index is 0.000000165. The third-order valence-electron chi connectivity index (χ3n) is 13.6. The summed E-state index contributed by atoms with van der Waals surface area (Å²) in [7, 11) is 0. The van der Waals surface area contributed by atoms with Crippen molar-refractivity contribution in [2.75, 3.05) is 0 Å². The molecule has 0 fully saturated rings. The lowest BCUT2D eigenvalue weighted by Crippen LogP contribution is -2.27. The Morgan fingerprint density at radius 3 is 1.27 bits per heavy atom. The van der Waals surface area contributed by atoms with E-state index in [1.54, 1.807) is 97.0 Å². The van der Waals surface area contributed by atoms with Gasteiger partial charge in [-0.15, -0.1) is 0 Å². The van der Waals surface area contributed by atoms with Crippen molar-refractivity contribution in [3.05, 3.63) is 256 Å². The SMILES string of the molecule is Cc1c(C(=O)NC(C)c2ccc(F)cc2)cnn1-c1ccc(Cl)c(Cl)c1.Cc1c(C(=O)N[C@@H](C)c2cccc(C(F)(F)F)c2)cnn1-c1ccc(Cl)c(Cl)c1.Cc1c(C(=O)N[C@@H](C)c2cccc3ccccc23)cnn1-c1ccc(Cl)c(Cl)c1. The molecule has 0 bridgehead atoms. The Morgan fingerprint density at radius 1 is 0.452 bits per heavy atom. The van der Waals surface area contributed by atoms with E-state index < -0.39 is 23.7 Å². The predicted octanol–water partition coefficient (Wildman–Crippen LogP) is 17.2. The smallest absolute Gasteiger partial charge is 0.345 e. The van der Waals surface area contributed by atoms with E-state index in [4.69, 9.17) is 69.6 Å². The average molecular weight is 1260 g/mol. The van der Waals surface area contributed by atoms with Crippen molar-refractivity contribution in [3.63, 3.8) is 0 Å². The summed E-state index contributed by atoms with van der Waals surface area (Å²) in [6.07, 6.45) is 0.0247. The van der Waals surface area contributed by atoms with Gasteiger partial charge in [0.1, 0.15) is 5.82 Å². The van der Waals surface area contributed by atoms with E-state index in [1.165, 1.54) is 41.3 Å². The molecule has 432 valence electrons. The first kappa shape index (κ1) is 62.3. The summed E-state index contributed by atoms with van der Waals surface area (Å²) in [5.41, 5.74) is 6.78. The molecule has 10 aromatic rings. The highest BCUT2D eigenvalue weighted by Crippen LogP contribution is 2.33. The maximum atomic E-state index is 13.0. The van der Waals surface area contributed by atoms with Crippen LogP contribution < -0.4 is 16.0 Å². The van der Waals surface area contributed by atoms with Crippen LogP contribution in [0.5, 0.6) is 0 Å². The Bertz CT molecular complexity index is 4050. The van der Waals surface area contributed by atoms with Crippen LogP contribution in [0.4, 0.5) is 17.6 Å². The number of rotatable bonds is 12. The summed E-state index contributed by atoms with van der Waals surface area (Å²) in [5, 5.41) is 26.3. The molecule has 0 aliphatic heterocycles. The fourth-order valence-corrected chi connectivity index (χ4v) is 9.84. The first-order valence-corrected chi connectivity index (χ1v) is 28.0. The Labute approximate surface area is 511 Å². The number of hydrogen-bond acceptors (Lipinski definition) is 6. The number of fused-ring (bicyclic) bond motifs is 1.